The molecule has 2 amide bonds. The Hall–Kier alpha value is -2.38. The smallest absolute Gasteiger partial charge is 0.274 e. The summed E-state index contributed by atoms with van der Waals surface area (Å²) in [7, 11) is 0. The standard InChI is InChI=1S/C16H19N5O2.ClH/c17-11-5-4-8-20(10-11)16(23)13-9-14(15(18)22)21(19-13)12-6-2-1-3-7-12;/h1-3,6-7,9,11H,4-5,8,10,17H2,(H2,18,22);1H. The first-order chi connectivity index (χ1) is 11.1. The molecule has 1 atom stereocenters. The minimum absolute atomic E-state index is 0. The zero-order valence-electron chi connectivity index (χ0n) is 13.1. The summed E-state index contributed by atoms with van der Waals surface area (Å²) in [6, 6.07) is 10.5. The number of nitrogens with two attached hydrogens (primary N) is 2. The van der Waals surface area contributed by atoms with Gasteiger partial charge in [-0.1, -0.05) is 18.2 Å². The molecule has 1 aromatic heterocycles. The van der Waals surface area contributed by atoms with E-state index < -0.39 is 5.91 Å². The van der Waals surface area contributed by atoms with Crippen LogP contribution in [0.5, 0.6) is 0 Å². The van der Waals surface area contributed by atoms with Crippen molar-refractivity contribution in [1.29, 1.82) is 0 Å². The van der Waals surface area contributed by atoms with Crippen LogP contribution in [0.3, 0.4) is 0 Å². The number of rotatable bonds is 3. The first-order valence-electron chi connectivity index (χ1n) is 7.56. The van der Waals surface area contributed by atoms with Crippen molar-refractivity contribution in [3.63, 3.8) is 0 Å². The number of likely N-dealkylation sites (tertiary alicyclic amines) is 1. The van der Waals surface area contributed by atoms with Crippen molar-refractivity contribution >= 4 is 24.2 Å². The lowest BCUT2D eigenvalue weighted by Gasteiger charge is -2.30. The minimum Gasteiger partial charge on any atom is -0.364 e. The lowest BCUT2D eigenvalue weighted by atomic mass is 10.1. The summed E-state index contributed by atoms with van der Waals surface area (Å²) in [5, 5.41) is 4.29. The Labute approximate surface area is 146 Å². The van der Waals surface area contributed by atoms with Crippen LogP contribution in [0.2, 0.25) is 0 Å². The molecule has 0 radical (unpaired) electrons. The van der Waals surface area contributed by atoms with E-state index in [9.17, 15) is 9.59 Å². The third-order valence-corrected chi connectivity index (χ3v) is 3.93. The van der Waals surface area contributed by atoms with E-state index >= 15 is 0 Å². The third-order valence-electron chi connectivity index (χ3n) is 3.93. The van der Waals surface area contributed by atoms with Gasteiger partial charge in [-0.2, -0.15) is 5.10 Å². The molecular formula is C16H20ClN5O2. The van der Waals surface area contributed by atoms with Crippen molar-refractivity contribution in [1.82, 2.24) is 14.7 Å². The van der Waals surface area contributed by atoms with E-state index in [1.54, 1.807) is 17.0 Å². The molecule has 0 spiro atoms. The van der Waals surface area contributed by atoms with Crippen LogP contribution in [0.15, 0.2) is 36.4 Å². The molecule has 1 fully saturated rings. The molecule has 0 aliphatic carbocycles. The number of benzene rings is 1. The summed E-state index contributed by atoms with van der Waals surface area (Å²) >= 11 is 0. The highest BCUT2D eigenvalue weighted by Gasteiger charge is 2.26. The predicted molar refractivity (Wildman–Crippen MR) is 92.4 cm³/mol. The van der Waals surface area contributed by atoms with Crippen molar-refractivity contribution in [2.24, 2.45) is 11.5 Å². The number of piperidine rings is 1. The van der Waals surface area contributed by atoms with Crippen LogP contribution in [0.1, 0.15) is 33.8 Å². The van der Waals surface area contributed by atoms with Crippen molar-refractivity contribution in [2.75, 3.05) is 13.1 Å². The Morgan fingerprint density at radius 2 is 1.92 bits per heavy atom. The summed E-state index contributed by atoms with van der Waals surface area (Å²) < 4.78 is 1.40. The zero-order chi connectivity index (χ0) is 16.4. The van der Waals surface area contributed by atoms with Gasteiger partial charge in [0.1, 0.15) is 5.69 Å². The lowest BCUT2D eigenvalue weighted by molar-refractivity contribution is 0.0702. The molecule has 1 aromatic carbocycles. The zero-order valence-corrected chi connectivity index (χ0v) is 13.9. The van der Waals surface area contributed by atoms with Gasteiger partial charge in [-0.05, 0) is 25.0 Å². The maximum absolute atomic E-state index is 12.6. The van der Waals surface area contributed by atoms with E-state index in [4.69, 9.17) is 11.5 Å². The first kappa shape index (κ1) is 18.0. The lowest BCUT2D eigenvalue weighted by Crippen LogP contribution is -2.45. The number of carbonyl (C=O) groups is 2. The number of nitrogens with zero attached hydrogens (tertiary/aromatic N) is 3. The Balaban J connectivity index is 0.00000208. The Bertz CT molecular complexity index is 731. The summed E-state index contributed by atoms with van der Waals surface area (Å²) in [4.78, 5) is 26.0. The van der Waals surface area contributed by atoms with Gasteiger partial charge >= 0.3 is 0 Å². The Kier molecular flexibility index (Phi) is 5.58. The number of hydrogen-bond donors (Lipinski definition) is 2. The van der Waals surface area contributed by atoms with Crippen molar-refractivity contribution in [3.05, 3.63) is 47.8 Å². The topological polar surface area (TPSA) is 107 Å². The number of carbonyl (C=O) groups excluding carboxylic acids is 2. The van der Waals surface area contributed by atoms with Crippen LogP contribution in [-0.4, -0.2) is 45.6 Å². The Morgan fingerprint density at radius 1 is 1.21 bits per heavy atom. The van der Waals surface area contributed by atoms with Gasteiger partial charge in [0.05, 0.1) is 5.69 Å². The molecule has 1 aliphatic heterocycles. The largest absolute Gasteiger partial charge is 0.364 e. The fourth-order valence-electron chi connectivity index (χ4n) is 2.78. The van der Waals surface area contributed by atoms with Gasteiger partial charge in [0.15, 0.2) is 5.69 Å². The van der Waals surface area contributed by atoms with Crippen LogP contribution >= 0.6 is 12.4 Å². The summed E-state index contributed by atoms with van der Waals surface area (Å²) in [6.07, 6.45) is 1.78. The number of halogens is 1. The molecule has 0 bridgehead atoms. The van der Waals surface area contributed by atoms with Gasteiger partial charge in [0, 0.05) is 25.2 Å². The van der Waals surface area contributed by atoms with Crippen LogP contribution in [-0.2, 0) is 0 Å². The molecule has 2 heterocycles. The second kappa shape index (κ2) is 7.46. The highest BCUT2D eigenvalue weighted by atomic mass is 35.5. The second-order valence-corrected chi connectivity index (χ2v) is 5.68. The first-order valence-corrected chi connectivity index (χ1v) is 7.56. The fourth-order valence-corrected chi connectivity index (χ4v) is 2.78. The van der Waals surface area contributed by atoms with Gasteiger partial charge in [-0.25, -0.2) is 4.68 Å². The van der Waals surface area contributed by atoms with Gasteiger partial charge in [-0.15, -0.1) is 12.4 Å². The van der Waals surface area contributed by atoms with E-state index in [1.807, 2.05) is 18.2 Å². The average Bonchev–Trinajstić information content (AvgIpc) is 3.00. The van der Waals surface area contributed by atoms with Gasteiger partial charge in [-0.3, -0.25) is 9.59 Å². The van der Waals surface area contributed by atoms with E-state index in [-0.39, 0.29) is 35.7 Å². The van der Waals surface area contributed by atoms with E-state index in [1.165, 1.54) is 10.7 Å². The highest BCUT2D eigenvalue weighted by Crippen LogP contribution is 2.16. The normalized spacial score (nSPS) is 17.2. The predicted octanol–water partition coefficient (Wildman–Crippen LogP) is 0.956. The summed E-state index contributed by atoms with van der Waals surface area (Å²) in [5.41, 5.74) is 12.4. The number of aromatic nitrogens is 2. The molecule has 4 N–H and O–H groups in total. The monoisotopic (exact) mass is 349 g/mol. The van der Waals surface area contributed by atoms with Crippen LogP contribution in [0, 0.1) is 0 Å². The minimum atomic E-state index is -0.629. The molecule has 7 nitrogen and oxygen atoms in total. The Morgan fingerprint density at radius 3 is 2.54 bits per heavy atom. The summed E-state index contributed by atoms with van der Waals surface area (Å²) in [6.45, 7) is 1.15. The van der Waals surface area contributed by atoms with E-state index in [2.05, 4.69) is 5.10 Å². The molecule has 0 saturated carbocycles. The molecule has 128 valence electrons. The van der Waals surface area contributed by atoms with Crippen molar-refractivity contribution in [3.8, 4) is 5.69 Å². The molecule has 3 rings (SSSR count). The number of amides is 2. The molecule has 2 aromatic rings. The molecule has 24 heavy (non-hydrogen) atoms. The second-order valence-electron chi connectivity index (χ2n) is 5.68. The van der Waals surface area contributed by atoms with Crippen molar-refractivity contribution in [2.45, 2.75) is 18.9 Å². The maximum Gasteiger partial charge on any atom is 0.274 e. The van der Waals surface area contributed by atoms with Crippen LogP contribution < -0.4 is 11.5 Å². The molecule has 1 unspecified atom stereocenters. The highest BCUT2D eigenvalue weighted by molar-refractivity contribution is 5.97. The number of primary amides is 1. The average molecular weight is 350 g/mol. The van der Waals surface area contributed by atoms with Crippen LogP contribution in [0.25, 0.3) is 5.69 Å². The van der Waals surface area contributed by atoms with Crippen molar-refractivity contribution < 1.29 is 9.59 Å². The van der Waals surface area contributed by atoms with E-state index in [0.717, 1.165) is 12.8 Å². The number of hydrogen-bond acceptors (Lipinski definition) is 4. The quantitative estimate of drug-likeness (QED) is 0.860. The molecule has 1 aliphatic rings. The molecule has 1 saturated heterocycles. The SMILES string of the molecule is Cl.NC(=O)c1cc(C(=O)N2CCCC(N)C2)nn1-c1ccccc1. The molecule has 8 heteroatoms. The van der Waals surface area contributed by atoms with Gasteiger partial charge in [0.25, 0.3) is 11.8 Å². The summed E-state index contributed by atoms with van der Waals surface area (Å²) in [5.74, 6) is -0.854. The van der Waals surface area contributed by atoms with Gasteiger partial charge < -0.3 is 16.4 Å². The molecular weight excluding hydrogens is 330 g/mol. The number of para-hydroxylation sites is 1. The maximum atomic E-state index is 12.6. The fraction of sp³-hybridized carbons (Fsp3) is 0.312. The third kappa shape index (κ3) is 3.58. The van der Waals surface area contributed by atoms with Crippen LogP contribution in [0.4, 0.5) is 0 Å². The van der Waals surface area contributed by atoms with E-state index in [0.29, 0.717) is 18.8 Å². The van der Waals surface area contributed by atoms with Gasteiger partial charge in [0.2, 0.25) is 0 Å².